The van der Waals surface area contributed by atoms with E-state index in [1.807, 2.05) is 12.1 Å². The van der Waals surface area contributed by atoms with Crippen LogP contribution in [0.3, 0.4) is 0 Å². The normalized spacial score (nSPS) is 22.7. The average molecular weight is 207 g/mol. The smallest absolute Gasteiger partial charge is 0.137 e. The molecule has 1 fully saturated rings. The van der Waals surface area contributed by atoms with Crippen LogP contribution in [0.5, 0.6) is 5.75 Å². The number of pyridine rings is 1. The van der Waals surface area contributed by atoms with Crippen molar-refractivity contribution in [2.24, 2.45) is 0 Å². The van der Waals surface area contributed by atoms with E-state index in [4.69, 9.17) is 4.74 Å². The standard InChI is InChI=1S/C11H17N3O/c1-14-6-5-12-11(8-14)10-4-3-9(15-2)7-13-10/h3-4,7,11-12H,5-6,8H2,1-2H3. The summed E-state index contributed by atoms with van der Waals surface area (Å²) in [6.45, 7) is 3.14. The molecule has 4 nitrogen and oxygen atoms in total. The van der Waals surface area contributed by atoms with Crippen molar-refractivity contribution in [2.45, 2.75) is 6.04 Å². The van der Waals surface area contributed by atoms with Crippen molar-refractivity contribution in [3.05, 3.63) is 24.0 Å². The Morgan fingerprint density at radius 2 is 2.40 bits per heavy atom. The van der Waals surface area contributed by atoms with E-state index in [0.717, 1.165) is 31.1 Å². The van der Waals surface area contributed by atoms with Gasteiger partial charge in [-0.25, -0.2) is 0 Å². The number of nitrogens with zero attached hydrogens (tertiary/aromatic N) is 2. The first-order valence-corrected chi connectivity index (χ1v) is 5.21. The predicted molar refractivity (Wildman–Crippen MR) is 59.0 cm³/mol. The zero-order chi connectivity index (χ0) is 10.7. The molecule has 1 unspecified atom stereocenters. The molecular weight excluding hydrogens is 190 g/mol. The largest absolute Gasteiger partial charge is 0.495 e. The third-order valence-corrected chi connectivity index (χ3v) is 2.73. The van der Waals surface area contributed by atoms with Gasteiger partial charge in [0, 0.05) is 19.6 Å². The van der Waals surface area contributed by atoms with Crippen molar-refractivity contribution < 1.29 is 4.74 Å². The molecule has 2 rings (SSSR count). The van der Waals surface area contributed by atoms with Gasteiger partial charge in [-0.15, -0.1) is 0 Å². The summed E-state index contributed by atoms with van der Waals surface area (Å²) in [6.07, 6.45) is 1.77. The summed E-state index contributed by atoms with van der Waals surface area (Å²) >= 11 is 0. The van der Waals surface area contributed by atoms with Crippen molar-refractivity contribution in [1.29, 1.82) is 0 Å². The van der Waals surface area contributed by atoms with E-state index in [0.29, 0.717) is 6.04 Å². The van der Waals surface area contributed by atoms with Crippen molar-refractivity contribution in [2.75, 3.05) is 33.8 Å². The monoisotopic (exact) mass is 207 g/mol. The highest BCUT2D eigenvalue weighted by atomic mass is 16.5. The van der Waals surface area contributed by atoms with Crippen molar-refractivity contribution >= 4 is 0 Å². The lowest BCUT2D eigenvalue weighted by molar-refractivity contribution is 0.238. The van der Waals surface area contributed by atoms with Gasteiger partial charge in [0.15, 0.2) is 0 Å². The molecular formula is C11H17N3O. The molecule has 1 aromatic rings. The number of ether oxygens (including phenoxy) is 1. The Morgan fingerprint density at radius 1 is 1.53 bits per heavy atom. The Labute approximate surface area is 90.3 Å². The van der Waals surface area contributed by atoms with E-state index in [1.54, 1.807) is 13.3 Å². The Balaban J connectivity index is 2.07. The minimum absolute atomic E-state index is 0.342. The van der Waals surface area contributed by atoms with Gasteiger partial charge < -0.3 is 15.0 Å². The number of hydrogen-bond donors (Lipinski definition) is 1. The molecule has 1 saturated heterocycles. The van der Waals surface area contributed by atoms with Crippen LogP contribution in [0.1, 0.15) is 11.7 Å². The molecule has 0 aliphatic carbocycles. The highest BCUT2D eigenvalue weighted by Gasteiger charge is 2.18. The Bertz CT molecular complexity index is 312. The summed E-state index contributed by atoms with van der Waals surface area (Å²) in [4.78, 5) is 6.71. The molecule has 0 spiro atoms. The van der Waals surface area contributed by atoms with Crippen LogP contribution in [0.4, 0.5) is 0 Å². The van der Waals surface area contributed by atoms with Gasteiger partial charge in [-0.3, -0.25) is 4.98 Å². The highest BCUT2D eigenvalue weighted by Crippen LogP contribution is 2.16. The minimum Gasteiger partial charge on any atom is -0.495 e. The summed E-state index contributed by atoms with van der Waals surface area (Å²) in [5.41, 5.74) is 1.09. The molecule has 0 radical (unpaired) electrons. The number of rotatable bonds is 2. The summed E-state index contributed by atoms with van der Waals surface area (Å²) in [6, 6.07) is 4.32. The van der Waals surface area contributed by atoms with Crippen molar-refractivity contribution in [3.63, 3.8) is 0 Å². The fraction of sp³-hybridized carbons (Fsp3) is 0.545. The molecule has 1 atom stereocenters. The van der Waals surface area contributed by atoms with Gasteiger partial charge >= 0.3 is 0 Å². The molecule has 0 amide bonds. The molecule has 15 heavy (non-hydrogen) atoms. The first-order chi connectivity index (χ1) is 7.29. The van der Waals surface area contributed by atoms with Crippen LogP contribution in [0.15, 0.2) is 18.3 Å². The molecule has 1 aliphatic heterocycles. The Hall–Kier alpha value is -1.13. The van der Waals surface area contributed by atoms with Gasteiger partial charge in [0.05, 0.1) is 25.0 Å². The first-order valence-electron chi connectivity index (χ1n) is 5.21. The zero-order valence-electron chi connectivity index (χ0n) is 9.23. The van der Waals surface area contributed by atoms with Crippen molar-refractivity contribution in [3.8, 4) is 5.75 Å². The van der Waals surface area contributed by atoms with Gasteiger partial charge in [0.2, 0.25) is 0 Å². The van der Waals surface area contributed by atoms with Gasteiger partial charge in [-0.05, 0) is 19.2 Å². The van der Waals surface area contributed by atoms with Crippen LogP contribution in [0.25, 0.3) is 0 Å². The molecule has 4 heteroatoms. The molecule has 82 valence electrons. The number of likely N-dealkylation sites (N-methyl/N-ethyl adjacent to an activating group) is 1. The Morgan fingerprint density at radius 3 is 3.00 bits per heavy atom. The SMILES string of the molecule is COc1ccc(C2CN(C)CCN2)nc1. The molecule has 0 bridgehead atoms. The summed E-state index contributed by atoms with van der Waals surface area (Å²) in [7, 11) is 3.79. The van der Waals surface area contributed by atoms with Crippen LogP contribution in [-0.2, 0) is 0 Å². The third-order valence-electron chi connectivity index (χ3n) is 2.73. The molecule has 2 heterocycles. The van der Waals surface area contributed by atoms with Crippen LogP contribution in [-0.4, -0.2) is 43.7 Å². The first kappa shape index (κ1) is 10.4. The second kappa shape index (κ2) is 4.59. The van der Waals surface area contributed by atoms with E-state index in [1.165, 1.54) is 0 Å². The lowest BCUT2D eigenvalue weighted by Gasteiger charge is -2.30. The minimum atomic E-state index is 0.342. The van der Waals surface area contributed by atoms with Gasteiger partial charge in [0.25, 0.3) is 0 Å². The maximum absolute atomic E-state index is 5.08. The van der Waals surface area contributed by atoms with Crippen LogP contribution in [0, 0.1) is 0 Å². The average Bonchev–Trinajstić information content (AvgIpc) is 2.29. The van der Waals surface area contributed by atoms with Crippen molar-refractivity contribution in [1.82, 2.24) is 15.2 Å². The molecule has 1 N–H and O–H groups in total. The predicted octanol–water partition coefficient (Wildman–Crippen LogP) is 0.666. The van der Waals surface area contributed by atoms with Crippen LogP contribution in [0.2, 0.25) is 0 Å². The van der Waals surface area contributed by atoms with Gasteiger partial charge in [-0.1, -0.05) is 0 Å². The maximum atomic E-state index is 5.08. The molecule has 1 aliphatic rings. The second-order valence-electron chi connectivity index (χ2n) is 3.89. The summed E-state index contributed by atoms with van der Waals surface area (Å²) in [5, 5.41) is 3.46. The number of nitrogens with one attached hydrogen (secondary N) is 1. The molecule has 1 aromatic heterocycles. The zero-order valence-corrected chi connectivity index (χ0v) is 9.23. The lowest BCUT2D eigenvalue weighted by Crippen LogP contribution is -2.43. The highest BCUT2D eigenvalue weighted by molar-refractivity contribution is 5.21. The van der Waals surface area contributed by atoms with Gasteiger partial charge in [-0.2, -0.15) is 0 Å². The van der Waals surface area contributed by atoms with Gasteiger partial charge in [0.1, 0.15) is 5.75 Å². The van der Waals surface area contributed by atoms with E-state index < -0.39 is 0 Å². The number of hydrogen-bond acceptors (Lipinski definition) is 4. The topological polar surface area (TPSA) is 37.4 Å². The van der Waals surface area contributed by atoms with E-state index in [9.17, 15) is 0 Å². The lowest BCUT2D eigenvalue weighted by atomic mass is 10.1. The van der Waals surface area contributed by atoms with Crippen LogP contribution >= 0.6 is 0 Å². The number of aromatic nitrogens is 1. The molecule has 0 saturated carbocycles. The maximum Gasteiger partial charge on any atom is 0.137 e. The quantitative estimate of drug-likeness (QED) is 0.773. The fourth-order valence-corrected chi connectivity index (χ4v) is 1.81. The second-order valence-corrected chi connectivity index (χ2v) is 3.89. The number of piperazine rings is 1. The fourth-order valence-electron chi connectivity index (χ4n) is 1.81. The Kier molecular flexibility index (Phi) is 3.18. The van der Waals surface area contributed by atoms with E-state index >= 15 is 0 Å². The molecule has 0 aromatic carbocycles. The number of methoxy groups -OCH3 is 1. The summed E-state index contributed by atoms with van der Waals surface area (Å²) < 4.78 is 5.08. The third kappa shape index (κ3) is 2.46. The van der Waals surface area contributed by atoms with E-state index in [-0.39, 0.29) is 0 Å². The van der Waals surface area contributed by atoms with E-state index in [2.05, 4.69) is 22.2 Å². The summed E-state index contributed by atoms with van der Waals surface area (Å²) in [5.74, 6) is 0.808. The van der Waals surface area contributed by atoms with Crippen LogP contribution < -0.4 is 10.1 Å².